The number of unbranched alkanes of at least 4 members (excludes halogenated alkanes) is 1. The van der Waals surface area contributed by atoms with Crippen LogP contribution < -0.4 is 15.5 Å². The predicted octanol–water partition coefficient (Wildman–Crippen LogP) is 3.42. The van der Waals surface area contributed by atoms with Crippen LogP contribution in [0, 0.1) is 13.8 Å². The third kappa shape index (κ3) is 3.28. The summed E-state index contributed by atoms with van der Waals surface area (Å²) in [7, 11) is 0. The molecule has 6 nitrogen and oxygen atoms in total. The molecule has 3 amide bonds. The number of nitrogens with zero attached hydrogens (tertiary/aromatic N) is 1. The Bertz CT molecular complexity index is 881. The molecule has 0 aliphatic carbocycles. The smallest absolute Gasteiger partial charge is 0.329 e. The van der Waals surface area contributed by atoms with E-state index in [1.807, 2.05) is 26.8 Å². The van der Waals surface area contributed by atoms with Gasteiger partial charge in [-0.3, -0.25) is 9.69 Å². The molecule has 3 N–H and O–H groups in total. The Morgan fingerprint density at radius 3 is 2.63 bits per heavy atom. The highest BCUT2D eigenvalue weighted by Gasteiger charge is 2.51. The number of urea groups is 1. The summed E-state index contributed by atoms with van der Waals surface area (Å²) >= 11 is 0. The van der Waals surface area contributed by atoms with Gasteiger partial charge in [-0.05, 0) is 49.6 Å². The highest BCUT2D eigenvalue weighted by molar-refractivity contribution is 6.11. The second-order valence-electron chi connectivity index (χ2n) is 6.86. The number of carbonyl (C=O) groups excluding carboxylic acids is 2. The Balaban J connectivity index is 2.13. The monoisotopic (exact) mass is 367 g/mol. The van der Waals surface area contributed by atoms with Crippen LogP contribution >= 0.6 is 0 Å². The van der Waals surface area contributed by atoms with Crippen LogP contribution in [0.25, 0.3) is 0 Å². The molecule has 0 spiro atoms. The van der Waals surface area contributed by atoms with Crippen molar-refractivity contribution in [2.75, 3.05) is 16.8 Å². The number of hydrogen-bond donors (Lipinski definition) is 3. The molecule has 0 fully saturated rings. The number of carbonyl (C=O) groups is 2. The van der Waals surface area contributed by atoms with Crippen molar-refractivity contribution in [1.29, 1.82) is 0 Å². The first-order valence-corrected chi connectivity index (χ1v) is 9.18. The molecule has 1 aliphatic heterocycles. The van der Waals surface area contributed by atoms with Crippen molar-refractivity contribution in [1.82, 2.24) is 5.32 Å². The van der Waals surface area contributed by atoms with E-state index in [1.165, 1.54) is 0 Å². The van der Waals surface area contributed by atoms with E-state index >= 15 is 0 Å². The van der Waals surface area contributed by atoms with Gasteiger partial charge < -0.3 is 15.7 Å². The molecule has 3 rings (SSSR count). The molecule has 1 aliphatic rings. The van der Waals surface area contributed by atoms with E-state index in [2.05, 4.69) is 10.6 Å². The van der Waals surface area contributed by atoms with Crippen LogP contribution in [0.5, 0.6) is 0 Å². The minimum atomic E-state index is -2.13. The van der Waals surface area contributed by atoms with Crippen LogP contribution in [-0.4, -0.2) is 23.6 Å². The fourth-order valence-corrected chi connectivity index (χ4v) is 3.23. The second-order valence-corrected chi connectivity index (χ2v) is 6.86. The number of aryl methyl sites for hydroxylation is 2. The molecule has 1 heterocycles. The molecular formula is C21H25N3O3. The number of para-hydroxylation sites is 1. The lowest BCUT2D eigenvalue weighted by Gasteiger charge is -2.42. The highest BCUT2D eigenvalue weighted by Crippen LogP contribution is 2.40. The van der Waals surface area contributed by atoms with Gasteiger partial charge in [-0.25, -0.2) is 4.79 Å². The molecule has 1 atom stereocenters. The maximum absolute atomic E-state index is 13.1. The zero-order valence-electron chi connectivity index (χ0n) is 15.9. The van der Waals surface area contributed by atoms with Gasteiger partial charge in [0.25, 0.3) is 11.6 Å². The number of hydrogen-bond acceptors (Lipinski definition) is 3. The second kappa shape index (κ2) is 7.40. The van der Waals surface area contributed by atoms with Gasteiger partial charge in [-0.15, -0.1) is 0 Å². The Morgan fingerprint density at radius 2 is 1.93 bits per heavy atom. The SMILES string of the molecule is CCCCNC(=O)[C@]1(O)c2ccccc2NC(=O)N1c1ccc(C)c(C)c1. The molecule has 142 valence electrons. The normalized spacial score (nSPS) is 18.7. The summed E-state index contributed by atoms with van der Waals surface area (Å²) in [5, 5.41) is 17.1. The van der Waals surface area contributed by atoms with Gasteiger partial charge in [0.05, 0.1) is 5.69 Å². The summed E-state index contributed by atoms with van der Waals surface area (Å²) in [6.07, 6.45) is 1.70. The van der Waals surface area contributed by atoms with Crippen molar-refractivity contribution in [3.63, 3.8) is 0 Å². The summed E-state index contributed by atoms with van der Waals surface area (Å²) in [5.41, 5.74) is 1.13. The Morgan fingerprint density at radius 1 is 1.19 bits per heavy atom. The van der Waals surface area contributed by atoms with Gasteiger partial charge >= 0.3 is 6.03 Å². The lowest BCUT2D eigenvalue weighted by Crippen LogP contribution is -2.62. The number of nitrogens with one attached hydrogen (secondary N) is 2. The van der Waals surface area contributed by atoms with Crippen LogP contribution in [0.15, 0.2) is 42.5 Å². The minimum Gasteiger partial charge on any atom is -0.359 e. The average Bonchev–Trinajstić information content (AvgIpc) is 2.64. The van der Waals surface area contributed by atoms with Crippen LogP contribution in [-0.2, 0) is 10.5 Å². The number of anilines is 2. The first kappa shape index (κ1) is 18.9. The van der Waals surface area contributed by atoms with Crippen molar-refractivity contribution in [3.05, 3.63) is 59.2 Å². The number of fused-ring (bicyclic) bond motifs is 1. The van der Waals surface area contributed by atoms with Gasteiger partial charge in [0.15, 0.2) is 0 Å². The molecule has 2 aromatic carbocycles. The molecule has 2 aromatic rings. The third-order valence-electron chi connectivity index (χ3n) is 4.95. The maximum Gasteiger partial charge on any atom is 0.329 e. The first-order chi connectivity index (χ1) is 12.9. The Kier molecular flexibility index (Phi) is 5.19. The summed E-state index contributed by atoms with van der Waals surface area (Å²) in [4.78, 5) is 27.1. The molecule has 6 heteroatoms. The van der Waals surface area contributed by atoms with Crippen LogP contribution in [0.3, 0.4) is 0 Å². The van der Waals surface area contributed by atoms with Gasteiger partial charge in [-0.2, -0.15) is 0 Å². The van der Waals surface area contributed by atoms with E-state index in [1.54, 1.807) is 36.4 Å². The van der Waals surface area contributed by atoms with Crippen LogP contribution in [0.1, 0.15) is 36.5 Å². The van der Waals surface area contributed by atoms with Crippen molar-refractivity contribution >= 4 is 23.3 Å². The van der Waals surface area contributed by atoms with E-state index in [-0.39, 0.29) is 0 Å². The maximum atomic E-state index is 13.1. The minimum absolute atomic E-state index is 0.344. The molecule has 0 unspecified atom stereocenters. The van der Waals surface area contributed by atoms with Crippen LogP contribution in [0.2, 0.25) is 0 Å². The molecule has 0 saturated carbocycles. The third-order valence-corrected chi connectivity index (χ3v) is 4.95. The quantitative estimate of drug-likeness (QED) is 0.708. The van der Waals surface area contributed by atoms with Crippen molar-refractivity contribution < 1.29 is 14.7 Å². The summed E-state index contributed by atoms with van der Waals surface area (Å²) in [6, 6.07) is 11.7. The van der Waals surface area contributed by atoms with Gasteiger partial charge in [0.2, 0.25) is 0 Å². The number of rotatable bonds is 5. The predicted molar refractivity (Wildman–Crippen MR) is 106 cm³/mol. The Hall–Kier alpha value is -2.86. The average molecular weight is 367 g/mol. The molecule has 0 saturated heterocycles. The molecule has 27 heavy (non-hydrogen) atoms. The zero-order chi connectivity index (χ0) is 19.6. The van der Waals surface area contributed by atoms with Gasteiger partial charge in [0, 0.05) is 17.8 Å². The van der Waals surface area contributed by atoms with Gasteiger partial charge in [0.1, 0.15) is 0 Å². The van der Waals surface area contributed by atoms with E-state index < -0.39 is 17.7 Å². The topological polar surface area (TPSA) is 81.7 Å². The summed E-state index contributed by atoms with van der Waals surface area (Å²) in [6.45, 7) is 6.34. The standard InChI is InChI=1S/C21H25N3O3/c1-4-5-12-22-19(25)21(27)17-8-6-7-9-18(17)23-20(26)24(21)16-11-10-14(2)15(3)13-16/h6-11,13,27H,4-5,12H2,1-3H3,(H,22,25)(H,23,26)/t21-/m1/s1. The first-order valence-electron chi connectivity index (χ1n) is 9.18. The summed E-state index contributed by atoms with van der Waals surface area (Å²) in [5.74, 6) is -0.614. The van der Waals surface area contributed by atoms with Crippen LogP contribution in [0.4, 0.5) is 16.2 Å². The van der Waals surface area contributed by atoms with Crippen molar-refractivity contribution in [3.8, 4) is 0 Å². The molecule has 0 radical (unpaired) electrons. The molecule has 0 bridgehead atoms. The van der Waals surface area contributed by atoms with Crippen molar-refractivity contribution in [2.24, 2.45) is 0 Å². The zero-order valence-corrected chi connectivity index (χ0v) is 15.9. The lowest BCUT2D eigenvalue weighted by molar-refractivity contribution is -0.140. The van der Waals surface area contributed by atoms with E-state index in [0.717, 1.165) is 28.9 Å². The fourth-order valence-electron chi connectivity index (χ4n) is 3.23. The Labute approximate surface area is 159 Å². The number of amides is 3. The molecular weight excluding hydrogens is 342 g/mol. The van der Waals surface area contributed by atoms with E-state index in [0.29, 0.717) is 23.5 Å². The highest BCUT2D eigenvalue weighted by atomic mass is 16.3. The summed E-state index contributed by atoms with van der Waals surface area (Å²) < 4.78 is 0. The molecule has 0 aromatic heterocycles. The fraction of sp³-hybridized carbons (Fsp3) is 0.333. The van der Waals surface area contributed by atoms with E-state index in [4.69, 9.17) is 0 Å². The lowest BCUT2D eigenvalue weighted by atomic mass is 9.94. The van der Waals surface area contributed by atoms with Gasteiger partial charge in [-0.1, -0.05) is 37.6 Å². The van der Waals surface area contributed by atoms with E-state index in [9.17, 15) is 14.7 Å². The largest absolute Gasteiger partial charge is 0.359 e. The van der Waals surface area contributed by atoms with Crippen molar-refractivity contribution in [2.45, 2.75) is 39.3 Å². The number of benzene rings is 2. The number of aliphatic hydroxyl groups is 1.